The first-order valence-corrected chi connectivity index (χ1v) is 9.14. The third-order valence-corrected chi connectivity index (χ3v) is 5.96. The number of thiophene rings is 1. The zero-order valence-corrected chi connectivity index (χ0v) is 14.6. The van der Waals surface area contributed by atoms with E-state index in [4.69, 9.17) is 17.3 Å². The number of aromatic nitrogens is 1. The Morgan fingerprint density at radius 3 is 2.57 bits per heavy atom. The van der Waals surface area contributed by atoms with E-state index in [0.29, 0.717) is 16.4 Å². The highest BCUT2D eigenvalue weighted by Crippen LogP contribution is 2.46. The van der Waals surface area contributed by atoms with Gasteiger partial charge in [0.1, 0.15) is 11.9 Å². The van der Waals surface area contributed by atoms with Crippen LogP contribution in [0.4, 0.5) is 5.82 Å². The van der Waals surface area contributed by atoms with E-state index in [1.807, 2.05) is 42.7 Å². The van der Waals surface area contributed by atoms with Gasteiger partial charge in [-0.25, -0.2) is 4.98 Å². The first kappa shape index (κ1) is 15.9. The molecule has 0 spiro atoms. The lowest BCUT2D eigenvalue weighted by Gasteiger charge is -2.06. The van der Waals surface area contributed by atoms with Gasteiger partial charge in [-0.2, -0.15) is 5.26 Å². The van der Waals surface area contributed by atoms with Crippen LogP contribution in [0.3, 0.4) is 0 Å². The lowest BCUT2D eigenvalue weighted by molar-refractivity contribution is 1.34. The molecule has 0 unspecified atom stereocenters. The molecule has 6 heteroatoms. The Bertz CT molecular complexity index is 895. The number of nitrogen functional groups attached to an aromatic ring is 1. The quantitative estimate of drug-likeness (QED) is 0.645. The first-order chi connectivity index (χ1) is 11.1. The predicted molar refractivity (Wildman–Crippen MR) is 98.9 cm³/mol. The number of hydrogen-bond acceptors (Lipinski definition) is 5. The van der Waals surface area contributed by atoms with Crippen LogP contribution < -0.4 is 5.73 Å². The highest BCUT2D eigenvalue weighted by molar-refractivity contribution is 8.00. The second-order valence-corrected chi connectivity index (χ2v) is 7.29. The van der Waals surface area contributed by atoms with Gasteiger partial charge in [0.05, 0.1) is 9.77 Å². The third-order valence-electron chi connectivity index (χ3n) is 3.35. The molecule has 0 amide bonds. The molecule has 2 aromatic heterocycles. The number of nitrogens with zero attached hydrogens (tertiary/aromatic N) is 2. The Kier molecular flexibility index (Phi) is 4.58. The highest BCUT2D eigenvalue weighted by Gasteiger charge is 2.20. The number of hydrogen-bond donors (Lipinski definition) is 1. The lowest BCUT2D eigenvalue weighted by Crippen LogP contribution is -1.89. The summed E-state index contributed by atoms with van der Waals surface area (Å²) in [6.07, 6.45) is 3.66. The molecule has 0 aliphatic rings. The number of thioether (sulfide) groups is 1. The number of benzene rings is 1. The second-order valence-electron chi connectivity index (χ2n) is 4.76. The predicted octanol–water partition coefficient (Wildman–Crippen LogP) is 5.31. The van der Waals surface area contributed by atoms with Crippen molar-refractivity contribution in [3.05, 3.63) is 53.2 Å². The number of nitriles is 1. The van der Waals surface area contributed by atoms with Gasteiger partial charge in [-0.05, 0) is 41.6 Å². The fourth-order valence-corrected chi connectivity index (χ4v) is 4.40. The molecule has 3 aromatic rings. The third kappa shape index (κ3) is 3.06. The highest BCUT2D eigenvalue weighted by atomic mass is 35.5. The van der Waals surface area contributed by atoms with Crippen molar-refractivity contribution in [2.75, 3.05) is 12.0 Å². The van der Waals surface area contributed by atoms with Gasteiger partial charge in [-0.1, -0.05) is 23.7 Å². The molecular weight excluding hydrogens is 346 g/mol. The van der Waals surface area contributed by atoms with E-state index in [9.17, 15) is 5.26 Å². The molecule has 3 nitrogen and oxygen atoms in total. The van der Waals surface area contributed by atoms with Crippen LogP contribution in [-0.2, 0) is 0 Å². The summed E-state index contributed by atoms with van der Waals surface area (Å²) < 4.78 is 0.989. The fraction of sp³-hybridized carbons (Fsp3) is 0.0588. The Morgan fingerprint density at radius 1 is 1.22 bits per heavy atom. The smallest absolute Gasteiger partial charge is 0.123 e. The maximum absolute atomic E-state index is 9.64. The van der Waals surface area contributed by atoms with Gasteiger partial charge < -0.3 is 5.73 Å². The average Bonchev–Trinajstić information content (AvgIpc) is 2.94. The van der Waals surface area contributed by atoms with Crippen LogP contribution in [-0.4, -0.2) is 11.2 Å². The van der Waals surface area contributed by atoms with Crippen LogP contribution in [0.2, 0.25) is 5.02 Å². The fourth-order valence-electron chi connectivity index (χ4n) is 2.34. The molecule has 0 saturated heterocycles. The number of halogens is 1. The minimum Gasteiger partial charge on any atom is -0.384 e. The Hall–Kier alpha value is -2.00. The van der Waals surface area contributed by atoms with E-state index < -0.39 is 0 Å². The van der Waals surface area contributed by atoms with Gasteiger partial charge in [0.25, 0.3) is 0 Å². The molecule has 0 radical (unpaired) electrons. The van der Waals surface area contributed by atoms with Crippen molar-refractivity contribution in [3.63, 3.8) is 0 Å². The van der Waals surface area contributed by atoms with Crippen molar-refractivity contribution in [1.29, 1.82) is 5.26 Å². The first-order valence-electron chi connectivity index (χ1n) is 6.72. The Labute approximate surface area is 147 Å². The molecule has 0 bridgehead atoms. The molecule has 2 N–H and O–H groups in total. The minimum absolute atomic E-state index is 0.460. The molecule has 0 fully saturated rings. The van der Waals surface area contributed by atoms with Crippen molar-refractivity contribution < 1.29 is 0 Å². The van der Waals surface area contributed by atoms with E-state index in [1.165, 1.54) is 0 Å². The molecule has 0 aliphatic heterocycles. The van der Waals surface area contributed by atoms with Gasteiger partial charge in [0.2, 0.25) is 0 Å². The van der Waals surface area contributed by atoms with Gasteiger partial charge in [-0.3, -0.25) is 0 Å². The van der Waals surface area contributed by atoms with Crippen molar-refractivity contribution in [3.8, 4) is 27.6 Å². The van der Waals surface area contributed by atoms with Gasteiger partial charge in [0.15, 0.2) is 0 Å². The van der Waals surface area contributed by atoms with Crippen LogP contribution >= 0.6 is 34.7 Å². The topological polar surface area (TPSA) is 62.7 Å². The van der Waals surface area contributed by atoms with Crippen molar-refractivity contribution in [2.45, 2.75) is 4.21 Å². The van der Waals surface area contributed by atoms with Crippen molar-refractivity contribution in [2.24, 2.45) is 0 Å². The van der Waals surface area contributed by atoms with Gasteiger partial charge in [-0.15, -0.1) is 23.1 Å². The van der Waals surface area contributed by atoms with Crippen LogP contribution in [0.15, 0.2) is 46.8 Å². The second kappa shape index (κ2) is 6.63. The molecule has 0 atom stereocenters. The molecule has 2 heterocycles. The summed E-state index contributed by atoms with van der Waals surface area (Å²) in [4.78, 5) is 5.06. The molecule has 1 aromatic carbocycles. The van der Waals surface area contributed by atoms with Crippen LogP contribution in [0.25, 0.3) is 21.6 Å². The largest absolute Gasteiger partial charge is 0.384 e. The molecule has 23 heavy (non-hydrogen) atoms. The maximum Gasteiger partial charge on any atom is 0.123 e. The molecular formula is C17H12ClN3S2. The SMILES string of the molecule is CSc1sc(-c2ccnc(N)c2)c(-c2ccc(Cl)cc2)c1C#N. The normalized spacial score (nSPS) is 10.5. The number of pyridine rings is 1. The monoisotopic (exact) mass is 357 g/mol. The summed E-state index contributed by atoms with van der Waals surface area (Å²) in [5.41, 5.74) is 9.36. The van der Waals surface area contributed by atoms with Crippen LogP contribution in [0.1, 0.15) is 5.56 Å². The molecule has 0 aliphatic carbocycles. The zero-order chi connectivity index (χ0) is 16.4. The Morgan fingerprint density at radius 2 is 1.96 bits per heavy atom. The summed E-state index contributed by atoms with van der Waals surface area (Å²) in [6, 6.07) is 13.6. The van der Waals surface area contributed by atoms with Crippen molar-refractivity contribution in [1.82, 2.24) is 4.98 Å². The van der Waals surface area contributed by atoms with E-state index in [0.717, 1.165) is 25.8 Å². The zero-order valence-electron chi connectivity index (χ0n) is 12.2. The maximum atomic E-state index is 9.64. The standard InChI is InChI=1S/C17H12ClN3S2/c1-22-17-13(9-19)15(10-2-4-12(18)5-3-10)16(23-17)11-6-7-21-14(20)8-11/h2-8H,1H3,(H2,20,21). The number of nitrogens with two attached hydrogens (primary N) is 1. The number of anilines is 1. The lowest BCUT2D eigenvalue weighted by atomic mass is 9.99. The van der Waals surface area contributed by atoms with Crippen LogP contribution in [0.5, 0.6) is 0 Å². The van der Waals surface area contributed by atoms with Gasteiger partial charge >= 0.3 is 0 Å². The average molecular weight is 358 g/mol. The Balaban J connectivity index is 2.29. The molecule has 114 valence electrons. The van der Waals surface area contributed by atoms with E-state index in [-0.39, 0.29) is 0 Å². The summed E-state index contributed by atoms with van der Waals surface area (Å²) in [7, 11) is 0. The minimum atomic E-state index is 0.460. The van der Waals surface area contributed by atoms with E-state index in [2.05, 4.69) is 11.1 Å². The molecule has 0 saturated carbocycles. The summed E-state index contributed by atoms with van der Waals surface area (Å²) in [5, 5.41) is 10.3. The number of rotatable bonds is 3. The van der Waals surface area contributed by atoms with Crippen LogP contribution in [0, 0.1) is 11.3 Å². The van der Waals surface area contributed by atoms with Gasteiger partial charge in [0, 0.05) is 21.7 Å². The van der Waals surface area contributed by atoms with Crippen molar-refractivity contribution >= 4 is 40.5 Å². The van der Waals surface area contributed by atoms with E-state index in [1.54, 1.807) is 29.3 Å². The molecule has 3 rings (SSSR count). The summed E-state index contributed by atoms with van der Waals surface area (Å²) >= 11 is 9.16. The van der Waals surface area contributed by atoms with E-state index >= 15 is 0 Å². The summed E-state index contributed by atoms with van der Waals surface area (Å²) in [6.45, 7) is 0. The summed E-state index contributed by atoms with van der Waals surface area (Å²) in [5.74, 6) is 0.460.